The predicted octanol–water partition coefficient (Wildman–Crippen LogP) is -0.118. The molecule has 1 heterocycles. The van der Waals surface area contributed by atoms with Crippen LogP contribution in [0, 0.1) is 0 Å². The van der Waals surface area contributed by atoms with Crippen LogP contribution in [-0.4, -0.2) is 37.0 Å². The van der Waals surface area contributed by atoms with Crippen molar-refractivity contribution in [3.63, 3.8) is 0 Å². The minimum absolute atomic E-state index is 0.0105. The van der Waals surface area contributed by atoms with Crippen LogP contribution in [0.1, 0.15) is 6.92 Å². The van der Waals surface area contributed by atoms with Gasteiger partial charge in [0.25, 0.3) is 0 Å². The van der Waals surface area contributed by atoms with Gasteiger partial charge in [-0.25, -0.2) is 8.42 Å². The molecule has 1 rings (SSSR count). The number of nitrogens with zero attached hydrogens (tertiary/aromatic N) is 1. The number of sulfonamides is 1. The summed E-state index contributed by atoms with van der Waals surface area (Å²) in [7, 11) is -3.17. The van der Waals surface area contributed by atoms with Gasteiger partial charge in [0, 0.05) is 5.25 Å². The standard InChI is InChI=1S/C5H11NO3S2/c1-2-11(7,8)6-3-5(10)4-9-6/h5,10H,2-4H2,1H3. The lowest BCUT2D eigenvalue weighted by molar-refractivity contribution is -0.0281. The van der Waals surface area contributed by atoms with E-state index >= 15 is 0 Å². The Morgan fingerprint density at radius 2 is 2.36 bits per heavy atom. The van der Waals surface area contributed by atoms with E-state index in [9.17, 15) is 8.42 Å². The van der Waals surface area contributed by atoms with Gasteiger partial charge >= 0.3 is 0 Å². The topological polar surface area (TPSA) is 46.6 Å². The van der Waals surface area contributed by atoms with Crippen LogP contribution >= 0.6 is 12.6 Å². The van der Waals surface area contributed by atoms with Crippen molar-refractivity contribution < 1.29 is 13.3 Å². The summed E-state index contributed by atoms with van der Waals surface area (Å²) in [6.45, 7) is 2.33. The van der Waals surface area contributed by atoms with E-state index in [1.807, 2.05) is 0 Å². The minimum Gasteiger partial charge on any atom is -0.283 e. The number of rotatable bonds is 2. The summed E-state index contributed by atoms with van der Waals surface area (Å²) < 4.78 is 23.2. The van der Waals surface area contributed by atoms with Crippen molar-refractivity contribution in [2.24, 2.45) is 0 Å². The lowest BCUT2D eigenvalue weighted by Gasteiger charge is -2.11. The summed E-state index contributed by atoms with van der Waals surface area (Å²) in [5.74, 6) is 0.0769. The summed E-state index contributed by atoms with van der Waals surface area (Å²) in [6.07, 6.45) is 0. The van der Waals surface area contributed by atoms with Gasteiger partial charge in [0.1, 0.15) is 0 Å². The average molecular weight is 197 g/mol. The van der Waals surface area contributed by atoms with Crippen LogP contribution in [0.4, 0.5) is 0 Å². The first-order chi connectivity index (χ1) is 5.06. The highest BCUT2D eigenvalue weighted by molar-refractivity contribution is 7.89. The maximum absolute atomic E-state index is 11.1. The van der Waals surface area contributed by atoms with E-state index in [1.165, 1.54) is 0 Å². The molecule has 0 amide bonds. The Bertz CT molecular complexity index is 226. The van der Waals surface area contributed by atoms with Crippen LogP contribution in [0.25, 0.3) is 0 Å². The minimum atomic E-state index is -3.17. The van der Waals surface area contributed by atoms with Gasteiger partial charge in [0.05, 0.1) is 18.9 Å². The number of thiol groups is 1. The van der Waals surface area contributed by atoms with Crippen molar-refractivity contribution in [2.45, 2.75) is 12.2 Å². The molecule has 0 aromatic heterocycles. The summed E-state index contributed by atoms with van der Waals surface area (Å²) in [6, 6.07) is 0. The molecule has 0 aromatic rings. The second-order valence-corrected chi connectivity index (χ2v) is 5.21. The normalized spacial score (nSPS) is 27.6. The van der Waals surface area contributed by atoms with Gasteiger partial charge in [-0.15, -0.1) is 0 Å². The zero-order chi connectivity index (χ0) is 8.48. The molecular formula is C5H11NO3S2. The molecule has 1 saturated heterocycles. The highest BCUT2D eigenvalue weighted by atomic mass is 32.2. The average Bonchev–Trinajstić information content (AvgIpc) is 2.36. The molecule has 1 aliphatic heterocycles. The van der Waals surface area contributed by atoms with Crippen molar-refractivity contribution in [1.82, 2.24) is 4.47 Å². The molecule has 0 radical (unpaired) electrons. The second kappa shape index (κ2) is 3.30. The van der Waals surface area contributed by atoms with Crippen LogP contribution in [0.3, 0.4) is 0 Å². The highest BCUT2D eigenvalue weighted by Gasteiger charge is 2.29. The fourth-order valence-electron chi connectivity index (χ4n) is 0.785. The van der Waals surface area contributed by atoms with Crippen molar-refractivity contribution in [3.05, 3.63) is 0 Å². The van der Waals surface area contributed by atoms with Gasteiger partial charge in [-0.1, -0.05) is 4.47 Å². The molecule has 0 bridgehead atoms. The third-order valence-electron chi connectivity index (χ3n) is 1.45. The van der Waals surface area contributed by atoms with Crippen LogP contribution in [0.2, 0.25) is 0 Å². The Labute approximate surface area is 71.9 Å². The van der Waals surface area contributed by atoms with Crippen LogP contribution < -0.4 is 0 Å². The van der Waals surface area contributed by atoms with Gasteiger partial charge in [-0.2, -0.15) is 12.6 Å². The van der Waals surface area contributed by atoms with Crippen LogP contribution in [0.5, 0.6) is 0 Å². The van der Waals surface area contributed by atoms with Crippen LogP contribution in [0.15, 0.2) is 0 Å². The molecule has 1 aliphatic rings. The predicted molar refractivity (Wildman–Crippen MR) is 44.9 cm³/mol. The summed E-state index contributed by atoms with van der Waals surface area (Å²) in [5, 5.41) is 0.0105. The first-order valence-electron chi connectivity index (χ1n) is 3.37. The van der Waals surface area contributed by atoms with E-state index in [2.05, 4.69) is 12.6 Å². The van der Waals surface area contributed by atoms with Gasteiger partial charge in [0.15, 0.2) is 0 Å². The Morgan fingerprint density at radius 1 is 1.73 bits per heavy atom. The van der Waals surface area contributed by atoms with E-state index in [1.54, 1.807) is 6.92 Å². The molecule has 0 aliphatic carbocycles. The van der Waals surface area contributed by atoms with Gasteiger partial charge in [-0.3, -0.25) is 4.84 Å². The van der Waals surface area contributed by atoms with Crippen molar-refractivity contribution >= 4 is 22.7 Å². The van der Waals surface area contributed by atoms with Gasteiger partial charge in [-0.05, 0) is 6.92 Å². The maximum Gasteiger partial charge on any atom is 0.235 e. The Balaban J connectivity index is 2.64. The smallest absolute Gasteiger partial charge is 0.235 e. The number of hydrogen-bond donors (Lipinski definition) is 1. The van der Waals surface area contributed by atoms with E-state index in [4.69, 9.17) is 4.84 Å². The molecule has 1 fully saturated rings. The van der Waals surface area contributed by atoms with E-state index < -0.39 is 10.0 Å². The lowest BCUT2D eigenvalue weighted by Crippen LogP contribution is -2.29. The molecule has 4 nitrogen and oxygen atoms in total. The van der Waals surface area contributed by atoms with E-state index in [0.717, 1.165) is 4.47 Å². The molecule has 1 unspecified atom stereocenters. The highest BCUT2D eigenvalue weighted by Crippen LogP contribution is 2.14. The number of hydrogen-bond acceptors (Lipinski definition) is 4. The Kier molecular flexibility index (Phi) is 2.79. The molecule has 11 heavy (non-hydrogen) atoms. The van der Waals surface area contributed by atoms with Crippen molar-refractivity contribution in [2.75, 3.05) is 18.9 Å². The quantitative estimate of drug-likeness (QED) is 0.628. The zero-order valence-electron chi connectivity index (χ0n) is 6.23. The monoisotopic (exact) mass is 197 g/mol. The Morgan fingerprint density at radius 3 is 2.73 bits per heavy atom. The number of hydroxylamine groups is 1. The molecular weight excluding hydrogens is 186 g/mol. The zero-order valence-corrected chi connectivity index (χ0v) is 7.94. The summed E-state index contributed by atoms with van der Waals surface area (Å²) in [5.41, 5.74) is 0. The van der Waals surface area contributed by atoms with Crippen molar-refractivity contribution in [1.29, 1.82) is 0 Å². The third kappa shape index (κ3) is 2.08. The molecule has 6 heteroatoms. The van der Waals surface area contributed by atoms with E-state index in [-0.39, 0.29) is 11.0 Å². The lowest BCUT2D eigenvalue weighted by atomic mass is 10.5. The molecule has 0 saturated carbocycles. The summed E-state index contributed by atoms with van der Waals surface area (Å²) in [4.78, 5) is 4.89. The molecule has 1 atom stereocenters. The summed E-state index contributed by atoms with van der Waals surface area (Å²) >= 11 is 4.09. The maximum atomic E-state index is 11.1. The first kappa shape index (κ1) is 9.31. The first-order valence-corrected chi connectivity index (χ1v) is 5.50. The van der Waals surface area contributed by atoms with Crippen LogP contribution in [-0.2, 0) is 14.9 Å². The molecule has 0 aromatic carbocycles. The van der Waals surface area contributed by atoms with Crippen molar-refractivity contribution in [3.8, 4) is 0 Å². The van der Waals surface area contributed by atoms with Gasteiger partial charge < -0.3 is 0 Å². The van der Waals surface area contributed by atoms with Gasteiger partial charge in [0.2, 0.25) is 10.0 Å². The SMILES string of the molecule is CCS(=O)(=O)N1CC(S)CO1. The largest absolute Gasteiger partial charge is 0.283 e. The fraction of sp³-hybridized carbons (Fsp3) is 1.00. The Hall–Kier alpha value is 0.220. The molecule has 0 N–H and O–H groups in total. The fourth-order valence-corrected chi connectivity index (χ4v) is 2.03. The molecule has 66 valence electrons. The van der Waals surface area contributed by atoms with E-state index in [0.29, 0.717) is 13.2 Å². The molecule has 0 spiro atoms. The third-order valence-corrected chi connectivity index (χ3v) is 3.36. The second-order valence-electron chi connectivity index (χ2n) is 2.34.